The second kappa shape index (κ2) is 7.36. The van der Waals surface area contributed by atoms with E-state index in [4.69, 9.17) is 0 Å². The molecule has 0 saturated heterocycles. The Kier molecular flexibility index (Phi) is 5.51. The van der Waals surface area contributed by atoms with E-state index in [0.717, 1.165) is 16.5 Å². The van der Waals surface area contributed by atoms with Crippen LogP contribution in [0.25, 0.3) is 0 Å². The summed E-state index contributed by atoms with van der Waals surface area (Å²) in [5, 5.41) is 0. The Morgan fingerprint density at radius 3 is 2.57 bits per heavy atom. The summed E-state index contributed by atoms with van der Waals surface area (Å²) in [6.45, 7) is 2.69. The van der Waals surface area contributed by atoms with Crippen molar-refractivity contribution in [3.8, 4) is 0 Å². The van der Waals surface area contributed by atoms with Crippen LogP contribution in [0.2, 0.25) is 0 Å². The van der Waals surface area contributed by atoms with Gasteiger partial charge in [-0.15, -0.1) is 0 Å². The van der Waals surface area contributed by atoms with Crippen LogP contribution in [0.15, 0.2) is 47.2 Å². The van der Waals surface area contributed by atoms with Gasteiger partial charge < -0.3 is 4.90 Å². The van der Waals surface area contributed by atoms with Crippen molar-refractivity contribution in [1.29, 1.82) is 0 Å². The van der Waals surface area contributed by atoms with Gasteiger partial charge in [-0.3, -0.25) is 9.78 Å². The molecule has 2 aromatic rings. The molecular weight excluding hydrogens is 328 g/mol. The van der Waals surface area contributed by atoms with Gasteiger partial charge in [0.2, 0.25) is 5.91 Å². The number of benzene rings is 1. The predicted molar refractivity (Wildman–Crippen MR) is 87.9 cm³/mol. The highest BCUT2D eigenvalue weighted by Crippen LogP contribution is 2.18. The number of amides is 1. The van der Waals surface area contributed by atoms with Gasteiger partial charge in [-0.25, -0.2) is 0 Å². The first-order valence-corrected chi connectivity index (χ1v) is 7.73. The van der Waals surface area contributed by atoms with Crippen molar-refractivity contribution in [3.63, 3.8) is 0 Å². The molecule has 0 N–H and O–H groups in total. The van der Waals surface area contributed by atoms with E-state index in [0.29, 0.717) is 13.0 Å². The van der Waals surface area contributed by atoms with Crippen molar-refractivity contribution in [1.82, 2.24) is 9.88 Å². The first-order chi connectivity index (χ1) is 10.1. The van der Waals surface area contributed by atoms with Crippen LogP contribution >= 0.6 is 15.9 Å². The minimum atomic E-state index is 0.160. The quantitative estimate of drug-likeness (QED) is 0.826. The maximum atomic E-state index is 12.2. The lowest BCUT2D eigenvalue weighted by atomic mass is 10.1. The average molecular weight is 347 g/mol. The zero-order valence-electron chi connectivity index (χ0n) is 12.3. The molecule has 4 heteroatoms. The Hall–Kier alpha value is -1.68. The molecule has 2 rings (SSSR count). The molecule has 1 aromatic heterocycles. The van der Waals surface area contributed by atoms with Gasteiger partial charge in [0, 0.05) is 36.9 Å². The molecule has 0 radical (unpaired) electrons. The topological polar surface area (TPSA) is 33.2 Å². The fourth-order valence-electron chi connectivity index (χ4n) is 2.15. The number of halogens is 1. The number of hydrogen-bond donors (Lipinski definition) is 0. The SMILES string of the molecule is Cc1cc(CCC(=O)N(C)Cc2ccncc2)ccc1Br. The van der Waals surface area contributed by atoms with Gasteiger partial charge in [0.15, 0.2) is 0 Å². The summed E-state index contributed by atoms with van der Waals surface area (Å²) in [6.07, 6.45) is 4.80. The van der Waals surface area contributed by atoms with Crippen LogP contribution < -0.4 is 0 Å². The standard InChI is InChI=1S/C17H19BrN2O/c1-13-11-14(3-5-16(13)18)4-6-17(21)20(2)12-15-7-9-19-10-8-15/h3,5,7-11H,4,6,12H2,1-2H3. The van der Waals surface area contributed by atoms with Gasteiger partial charge in [0.25, 0.3) is 0 Å². The Labute approximate surface area is 134 Å². The van der Waals surface area contributed by atoms with Gasteiger partial charge in [-0.05, 0) is 48.2 Å². The number of aryl methyl sites for hydroxylation is 2. The molecule has 1 heterocycles. The lowest BCUT2D eigenvalue weighted by Crippen LogP contribution is -2.26. The summed E-state index contributed by atoms with van der Waals surface area (Å²) in [7, 11) is 1.84. The van der Waals surface area contributed by atoms with Crippen molar-refractivity contribution < 1.29 is 4.79 Å². The highest BCUT2D eigenvalue weighted by molar-refractivity contribution is 9.10. The molecule has 0 atom stereocenters. The van der Waals surface area contributed by atoms with Crippen LogP contribution in [-0.2, 0) is 17.8 Å². The van der Waals surface area contributed by atoms with Crippen LogP contribution in [0.5, 0.6) is 0 Å². The van der Waals surface area contributed by atoms with E-state index >= 15 is 0 Å². The lowest BCUT2D eigenvalue weighted by molar-refractivity contribution is -0.130. The normalized spacial score (nSPS) is 10.4. The lowest BCUT2D eigenvalue weighted by Gasteiger charge is -2.17. The Morgan fingerprint density at radius 1 is 1.19 bits per heavy atom. The summed E-state index contributed by atoms with van der Waals surface area (Å²) >= 11 is 3.49. The molecule has 1 amide bonds. The fraction of sp³-hybridized carbons (Fsp3) is 0.294. The summed E-state index contributed by atoms with van der Waals surface area (Å²) in [6, 6.07) is 10.1. The predicted octanol–water partition coefficient (Wildman–Crippen LogP) is 3.74. The van der Waals surface area contributed by atoms with Crippen LogP contribution in [0, 0.1) is 6.92 Å². The fourth-order valence-corrected chi connectivity index (χ4v) is 2.40. The molecule has 110 valence electrons. The van der Waals surface area contributed by atoms with E-state index in [-0.39, 0.29) is 5.91 Å². The highest BCUT2D eigenvalue weighted by Gasteiger charge is 2.09. The number of nitrogens with zero attached hydrogens (tertiary/aromatic N) is 2. The summed E-state index contributed by atoms with van der Waals surface area (Å²) < 4.78 is 1.10. The third kappa shape index (κ3) is 4.67. The van der Waals surface area contributed by atoms with Gasteiger partial charge in [0.1, 0.15) is 0 Å². The molecular formula is C17H19BrN2O. The molecule has 0 unspecified atom stereocenters. The molecule has 0 aliphatic carbocycles. The van der Waals surface area contributed by atoms with E-state index < -0.39 is 0 Å². The van der Waals surface area contributed by atoms with Crippen LogP contribution in [0.3, 0.4) is 0 Å². The average Bonchev–Trinajstić information content (AvgIpc) is 2.49. The molecule has 0 aliphatic rings. The molecule has 0 bridgehead atoms. The molecule has 3 nitrogen and oxygen atoms in total. The Bertz CT molecular complexity index is 613. The van der Waals surface area contributed by atoms with Gasteiger partial charge in [-0.2, -0.15) is 0 Å². The number of aromatic nitrogens is 1. The number of carbonyl (C=O) groups excluding carboxylic acids is 1. The minimum absolute atomic E-state index is 0.160. The highest BCUT2D eigenvalue weighted by atomic mass is 79.9. The van der Waals surface area contributed by atoms with Gasteiger partial charge in [-0.1, -0.05) is 28.1 Å². The molecule has 0 aliphatic heterocycles. The third-order valence-electron chi connectivity index (χ3n) is 3.44. The smallest absolute Gasteiger partial charge is 0.222 e. The number of hydrogen-bond acceptors (Lipinski definition) is 2. The van der Waals surface area contributed by atoms with Crippen molar-refractivity contribution in [3.05, 3.63) is 63.9 Å². The maximum Gasteiger partial charge on any atom is 0.222 e. The first kappa shape index (κ1) is 15.7. The monoisotopic (exact) mass is 346 g/mol. The van der Waals surface area contributed by atoms with E-state index in [9.17, 15) is 4.79 Å². The van der Waals surface area contributed by atoms with Crippen molar-refractivity contribution in [2.75, 3.05) is 7.05 Å². The van der Waals surface area contributed by atoms with Gasteiger partial charge in [0.05, 0.1) is 0 Å². The second-order valence-corrected chi connectivity index (χ2v) is 6.04. The minimum Gasteiger partial charge on any atom is -0.341 e. The maximum absolute atomic E-state index is 12.2. The molecule has 0 saturated carbocycles. The van der Waals surface area contributed by atoms with Crippen molar-refractivity contribution in [2.24, 2.45) is 0 Å². The zero-order chi connectivity index (χ0) is 15.2. The zero-order valence-corrected chi connectivity index (χ0v) is 13.9. The van der Waals surface area contributed by atoms with Crippen molar-refractivity contribution in [2.45, 2.75) is 26.3 Å². The molecule has 0 spiro atoms. The Morgan fingerprint density at radius 2 is 1.90 bits per heavy atom. The van der Waals surface area contributed by atoms with Crippen molar-refractivity contribution >= 4 is 21.8 Å². The summed E-state index contributed by atoms with van der Waals surface area (Å²) in [5.41, 5.74) is 3.49. The third-order valence-corrected chi connectivity index (χ3v) is 4.33. The summed E-state index contributed by atoms with van der Waals surface area (Å²) in [4.78, 5) is 17.9. The molecule has 0 fully saturated rings. The molecule has 21 heavy (non-hydrogen) atoms. The van der Waals surface area contributed by atoms with Crippen LogP contribution in [0.1, 0.15) is 23.1 Å². The first-order valence-electron chi connectivity index (χ1n) is 6.94. The van der Waals surface area contributed by atoms with E-state index in [1.54, 1.807) is 17.3 Å². The molecule has 1 aromatic carbocycles. The number of carbonyl (C=O) groups is 1. The van der Waals surface area contributed by atoms with Gasteiger partial charge >= 0.3 is 0 Å². The number of rotatable bonds is 5. The second-order valence-electron chi connectivity index (χ2n) is 5.19. The van der Waals surface area contributed by atoms with E-state index in [2.05, 4.69) is 40.0 Å². The Balaban J connectivity index is 1.87. The van der Waals surface area contributed by atoms with Crippen LogP contribution in [0.4, 0.5) is 0 Å². The van der Waals surface area contributed by atoms with E-state index in [1.807, 2.05) is 25.2 Å². The van der Waals surface area contributed by atoms with Crippen LogP contribution in [-0.4, -0.2) is 22.8 Å². The summed E-state index contributed by atoms with van der Waals surface area (Å²) in [5.74, 6) is 0.160. The largest absolute Gasteiger partial charge is 0.341 e. The number of pyridine rings is 1. The van der Waals surface area contributed by atoms with E-state index in [1.165, 1.54) is 11.1 Å².